The zero-order valence-electron chi connectivity index (χ0n) is 11.3. The van der Waals surface area contributed by atoms with Crippen LogP contribution < -0.4 is 5.56 Å². The molecule has 2 aromatic heterocycles. The largest absolute Gasteiger partial charge is 0.353 e. The predicted octanol–water partition coefficient (Wildman–Crippen LogP) is 3.01. The number of nitro groups is 1. The molecule has 3 aromatic rings. The highest BCUT2D eigenvalue weighted by Gasteiger charge is 2.25. The Bertz CT molecular complexity index is 922. The van der Waals surface area contributed by atoms with Crippen LogP contribution >= 0.6 is 11.6 Å². The average Bonchev–Trinajstić information content (AvgIpc) is 2.52. The summed E-state index contributed by atoms with van der Waals surface area (Å²) >= 11 is 6.02. The van der Waals surface area contributed by atoms with Gasteiger partial charge in [0.25, 0.3) is 0 Å². The summed E-state index contributed by atoms with van der Waals surface area (Å²) in [6.07, 6.45) is 1.52. The number of fused-ring (bicyclic) bond motifs is 1. The first-order valence-electron chi connectivity index (χ1n) is 6.45. The Balaban J connectivity index is 2.33. The van der Waals surface area contributed by atoms with Crippen molar-refractivity contribution in [1.29, 1.82) is 0 Å². The quantitative estimate of drug-likeness (QED) is 0.550. The van der Waals surface area contributed by atoms with E-state index in [9.17, 15) is 14.9 Å². The number of rotatable bonds is 3. The molecule has 0 atom stereocenters. The first-order chi connectivity index (χ1) is 10.6. The van der Waals surface area contributed by atoms with Gasteiger partial charge in [-0.25, -0.2) is 4.98 Å². The summed E-state index contributed by atoms with van der Waals surface area (Å²) in [4.78, 5) is 27.0. The molecule has 7 heteroatoms. The fourth-order valence-corrected chi connectivity index (χ4v) is 2.60. The zero-order chi connectivity index (χ0) is 15.7. The molecule has 22 heavy (non-hydrogen) atoms. The Morgan fingerprint density at radius 1 is 1.18 bits per heavy atom. The van der Waals surface area contributed by atoms with E-state index in [0.717, 1.165) is 5.56 Å². The van der Waals surface area contributed by atoms with Crippen LogP contribution in [0.4, 0.5) is 5.69 Å². The fourth-order valence-electron chi connectivity index (χ4n) is 2.30. The van der Waals surface area contributed by atoms with Crippen molar-refractivity contribution in [2.24, 2.45) is 0 Å². The second-order valence-corrected chi connectivity index (χ2v) is 5.05. The highest BCUT2D eigenvalue weighted by Crippen LogP contribution is 2.28. The third kappa shape index (κ3) is 2.33. The molecule has 3 rings (SSSR count). The summed E-state index contributed by atoms with van der Waals surface area (Å²) in [6.45, 7) is 0.186. The van der Waals surface area contributed by atoms with Gasteiger partial charge < -0.3 is 0 Å². The van der Waals surface area contributed by atoms with E-state index < -0.39 is 16.2 Å². The Labute approximate surface area is 129 Å². The van der Waals surface area contributed by atoms with Crippen LogP contribution in [0.2, 0.25) is 5.02 Å². The molecule has 110 valence electrons. The summed E-state index contributed by atoms with van der Waals surface area (Å²) in [6, 6.07) is 12.4. The van der Waals surface area contributed by atoms with Crippen LogP contribution in [0, 0.1) is 10.1 Å². The van der Waals surface area contributed by atoms with Gasteiger partial charge in [-0.2, -0.15) is 0 Å². The number of aromatic nitrogens is 2. The number of hydrogen-bond donors (Lipinski definition) is 0. The molecule has 2 heterocycles. The smallest absolute Gasteiger partial charge is 0.282 e. The molecule has 0 saturated heterocycles. The van der Waals surface area contributed by atoms with E-state index in [1.807, 2.05) is 30.3 Å². The van der Waals surface area contributed by atoms with Gasteiger partial charge in [0.05, 0.1) is 11.5 Å². The van der Waals surface area contributed by atoms with E-state index in [4.69, 9.17) is 11.6 Å². The van der Waals surface area contributed by atoms with Gasteiger partial charge in [-0.05, 0) is 17.7 Å². The summed E-state index contributed by atoms with van der Waals surface area (Å²) in [5.74, 6) is 0. The van der Waals surface area contributed by atoms with Crippen LogP contribution in [0.3, 0.4) is 0 Å². The van der Waals surface area contributed by atoms with Crippen molar-refractivity contribution >= 4 is 28.3 Å². The molecule has 0 radical (unpaired) electrons. The fraction of sp³-hybridized carbons (Fsp3) is 0.0667. The zero-order valence-corrected chi connectivity index (χ0v) is 12.0. The Kier molecular flexibility index (Phi) is 3.60. The summed E-state index contributed by atoms with van der Waals surface area (Å²) in [5.41, 5.74) is -0.219. The minimum absolute atomic E-state index is 0.178. The lowest BCUT2D eigenvalue weighted by Gasteiger charge is -2.10. The number of pyridine rings is 2. The van der Waals surface area contributed by atoms with Crippen LogP contribution in [-0.4, -0.2) is 14.5 Å². The third-order valence-corrected chi connectivity index (χ3v) is 3.68. The van der Waals surface area contributed by atoms with Crippen LogP contribution in [-0.2, 0) is 6.54 Å². The highest BCUT2D eigenvalue weighted by molar-refractivity contribution is 6.37. The van der Waals surface area contributed by atoms with Gasteiger partial charge >= 0.3 is 11.2 Å². The molecule has 0 aliphatic heterocycles. The molecule has 0 saturated carbocycles. The van der Waals surface area contributed by atoms with Crippen LogP contribution in [0.1, 0.15) is 5.56 Å². The van der Waals surface area contributed by atoms with Gasteiger partial charge in [-0.1, -0.05) is 41.9 Å². The third-order valence-electron chi connectivity index (χ3n) is 3.30. The van der Waals surface area contributed by atoms with Crippen molar-refractivity contribution in [3.05, 3.63) is 79.7 Å². The molecule has 0 aliphatic carbocycles. The van der Waals surface area contributed by atoms with E-state index in [0.29, 0.717) is 11.0 Å². The molecule has 1 aromatic carbocycles. The second kappa shape index (κ2) is 5.57. The number of hydrogen-bond acceptors (Lipinski definition) is 4. The van der Waals surface area contributed by atoms with Crippen molar-refractivity contribution < 1.29 is 4.92 Å². The summed E-state index contributed by atoms with van der Waals surface area (Å²) in [7, 11) is 0. The van der Waals surface area contributed by atoms with Gasteiger partial charge in [0.15, 0.2) is 0 Å². The Morgan fingerprint density at radius 2 is 1.91 bits per heavy atom. The standard InChI is InChI=1S/C15H10ClN3O3/c16-12-11-7-4-8-17-14(11)18(15(20)13(12)19(21)22)9-10-5-2-1-3-6-10/h1-8H,9H2. The molecule has 0 bridgehead atoms. The first kappa shape index (κ1) is 14.2. The molecule has 0 unspecified atom stereocenters. The average molecular weight is 316 g/mol. The van der Waals surface area contributed by atoms with E-state index >= 15 is 0 Å². The molecule has 0 amide bonds. The SMILES string of the molecule is O=c1c([N+](=O)[O-])c(Cl)c2cccnc2n1Cc1ccccc1. The number of halogens is 1. The first-order valence-corrected chi connectivity index (χ1v) is 6.82. The van der Waals surface area contributed by atoms with Crippen molar-refractivity contribution in [3.8, 4) is 0 Å². The molecular weight excluding hydrogens is 306 g/mol. The van der Waals surface area contributed by atoms with Crippen molar-refractivity contribution in [2.45, 2.75) is 6.54 Å². The molecule has 0 spiro atoms. The number of nitrogens with zero attached hydrogens (tertiary/aromatic N) is 3. The van der Waals surface area contributed by atoms with Gasteiger partial charge in [-0.3, -0.25) is 19.5 Å². The van der Waals surface area contributed by atoms with Gasteiger partial charge in [0.1, 0.15) is 10.7 Å². The van der Waals surface area contributed by atoms with E-state index in [2.05, 4.69) is 4.98 Å². The van der Waals surface area contributed by atoms with Gasteiger partial charge in [-0.15, -0.1) is 0 Å². The molecule has 0 N–H and O–H groups in total. The van der Waals surface area contributed by atoms with Crippen molar-refractivity contribution in [2.75, 3.05) is 0 Å². The Hall–Kier alpha value is -2.73. The lowest BCUT2D eigenvalue weighted by atomic mass is 10.2. The predicted molar refractivity (Wildman–Crippen MR) is 83.2 cm³/mol. The van der Waals surface area contributed by atoms with E-state index in [1.54, 1.807) is 12.1 Å². The molecular formula is C15H10ClN3O3. The Morgan fingerprint density at radius 3 is 2.59 bits per heavy atom. The maximum Gasteiger partial charge on any atom is 0.353 e. The topological polar surface area (TPSA) is 78.0 Å². The number of benzene rings is 1. The van der Waals surface area contributed by atoms with Gasteiger partial charge in [0.2, 0.25) is 0 Å². The summed E-state index contributed by atoms with van der Waals surface area (Å²) in [5, 5.41) is 11.4. The lowest BCUT2D eigenvalue weighted by molar-refractivity contribution is -0.386. The molecule has 0 fully saturated rings. The van der Waals surface area contributed by atoms with E-state index in [-0.39, 0.29) is 11.6 Å². The van der Waals surface area contributed by atoms with E-state index in [1.165, 1.54) is 10.8 Å². The maximum atomic E-state index is 12.4. The maximum absolute atomic E-state index is 12.4. The van der Waals surface area contributed by atoms with Crippen LogP contribution in [0.5, 0.6) is 0 Å². The van der Waals surface area contributed by atoms with Crippen molar-refractivity contribution in [3.63, 3.8) is 0 Å². The van der Waals surface area contributed by atoms with Crippen LogP contribution in [0.25, 0.3) is 11.0 Å². The monoisotopic (exact) mass is 315 g/mol. The lowest BCUT2D eigenvalue weighted by Crippen LogP contribution is -2.24. The van der Waals surface area contributed by atoms with Crippen LogP contribution in [0.15, 0.2) is 53.5 Å². The van der Waals surface area contributed by atoms with Crippen molar-refractivity contribution in [1.82, 2.24) is 9.55 Å². The van der Waals surface area contributed by atoms with Gasteiger partial charge in [0, 0.05) is 11.6 Å². The summed E-state index contributed by atoms with van der Waals surface area (Å²) < 4.78 is 1.27. The normalized spacial score (nSPS) is 10.8. The minimum Gasteiger partial charge on any atom is -0.282 e. The minimum atomic E-state index is -0.759. The second-order valence-electron chi connectivity index (χ2n) is 4.67. The highest BCUT2D eigenvalue weighted by atomic mass is 35.5. The molecule has 6 nitrogen and oxygen atoms in total. The molecule has 0 aliphatic rings.